The second-order valence-corrected chi connectivity index (χ2v) is 5.25. The largest absolute Gasteiger partial charge is 0.397 e. The van der Waals surface area contributed by atoms with E-state index in [1.54, 1.807) is 6.20 Å². The Morgan fingerprint density at radius 1 is 1.18 bits per heavy atom. The highest BCUT2D eigenvalue weighted by molar-refractivity contribution is 9.10. The minimum absolute atomic E-state index is 0.642. The number of nitrogens with zero attached hydrogens (tertiary/aromatic N) is 1. The van der Waals surface area contributed by atoms with Crippen LogP contribution in [0.25, 0.3) is 0 Å². The van der Waals surface area contributed by atoms with Crippen molar-refractivity contribution >= 4 is 43.4 Å². The maximum atomic E-state index is 5.63. The third-order valence-corrected chi connectivity index (χ3v) is 3.64. The Bertz CT molecular complexity index is 529. The number of aromatic nitrogens is 1. The zero-order valence-corrected chi connectivity index (χ0v) is 12.1. The summed E-state index contributed by atoms with van der Waals surface area (Å²) >= 11 is 6.93. The summed E-state index contributed by atoms with van der Waals surface area (Å²) in [5.41, 5.74) is 7.45. The number of nitrogens with two attached hydrogens (primary N) is 1. The number of rotatable bonds is 3. The maximum Gasteiger partial charge on any atom is 0.140 e. The predicted molar refractivity (Wildman–Crippen MR) is 77.8 cm³/mol. The number of pyridine rings is 1. The van der Waals surface area contributed by atoms with E-state index in [4.69, 9.17) is 5.73 Å². The number of hydrogen-bond donors (Lipinski definition) is 2. The molecule has 3 nitrogen and oxygen atoms in total. The van der Waals surface area contributed by atoms with E-state index in [9.17, 15) is 0 Å². The van der Waals surface area contributed by atoms with E-state index in [0.29, 0.717) is 12.2 Å². The molecule has 88 valence electrons. The number of halogens is 2. The molecule has 0 bridgehead atoms. The van der Waals surface area contributed by atoms with Crippen molar-refractivity contribution in [3.05, 3.63) is 51.0 Å². The molecule has 0 unspecified atom stereocenters. The average molecular weight is 357 g/mol. The van der Waals surface area contributed by atoms with Gasteiger partial charge in [-0.2, -0.15) is 0 Å². The Kier molecular flexibility index (Phi) is 4.02. The smallest absolute Gasteiger partial charge is 0.140 e. The van der Waals surface area contributed by atoms with Crippen LogP contribution in [-0.2, 0) is 6.54 Å². The first-order valence-corrected chi connectivity index (χ1v) is 6.63. The summed E-state index contributed by atoms with van der Waals surface area (Å²) < 4.78 is 1.95. The van der Waals surface area contributed by atoms with E-state index in [1.165, 1.54) is 5.56 Å². The number of anilines is 2. The summed E-state index contributed by atoms with van der Waals surface area (Å²) in [5.74, 6) is 0.787. The van der Waals surface area contributed by atoms with Crippen LogP contribution in [-0.4, -0.2) is 4.98 Å². The van der Waals surface area contributed by atoms with E-state index in [0.717, 1.165) is 14.8 Å². The van der Waals surface area contributed by atoms with Gasteiger partial charge in [-0.15, -0.1) is 0 Å². The van der Waals surface area contributed by atoms with Crippen LogP contribution in [0.5, 0.6) is 0 Å². The van der Waals surface area contributed by atoms with Gasteiger partial charge in [0, 0.05) is 11.0 Å². The number of hydrogen-bond acceptors (Lipinski definition) is 3. The molecule has 0 aliphatic heterocycles. The molecule has 0 aliphatic rings. The first-order valence-electron chi connectivity index (χ1n) is 5.05. The van der Waals surface area contributed by atoms with Crippen molar-refractivity contribution in [2.75, 3.05) is 11.1 Å². The highest BCUT2D eigenvalue weighted by Gasteiger charge is 2.03. The van der Waals surface area contributed by atoms with Gasteiger partial charge in [0.15, 0.2) is 0 Å². The molecule has 5 heteroatoms. The minimum Gasteiger partial charge on any atom is -0.397 e. The van der Waals surface area contributed by atoms with Gasteiger partial charge in [0.05, 0.1) is 16.4 Å². The summed E-state index contributed by atoms with van der Waals surface area (Å²) in [5, 5.41) is 3.25. The van der Waals surface area contributed by atoms with Crippen LogP contribution in [0.15, 0.2) is 45.5 Å². The van der Waals surface area contributed by atoms with Gasteiger partial charge < -0.3 is 11.1 Å². The van der Waals surface area contributed by atoms with Crippen molar-refractivity contribution in [3.8, 4) is 0 Å². The molecule has 2 rings (SSSR count). The van der Waals surface area contributed by atoms with E-state index in [1.807, 2.05) is 24.3 Å². The van der Waals surface area contributed by atoms with Crippen LogP contribution in [0.3, 0.4) is 0 Å². The van der Waals surface area contributed by atoms with Gasteiger partial charge in [-0.1, -0.05) is 34.1 Å². The van der Waals surface area contributed by atoms with Crippen LogP contribution in [0.2, 0.25) is 0 Å². The van der Waals surface area contributed by atoms with Gasteiger partial charge in [0.2, 0.25) is 0 Å². The monoisotopic (exact) mass is 355 g/mol. The summed E-state index contributed by atoms with van der Waals surface area (Å²) in [7, 11) is 0. The lowest BCUT2D eigenvalue weighted by atomic mass is 10.2. The fourth-order valence-electron chi connectivity index (χ4n) is 1.40. The summed E-state index contributed by atoms with van der Waals surface area (Å²) in [6.07, 6.45) is 1.63. The molecule has 0 aliphatic carbocycles. The molecule has 1 aromatic heterocycles. The van der Waals surface area contributed by atoms with Crippen molar-refractivity contribution in [1.29, 1.82) is 0 Å². The molecule has 1 heterocycles. The third kappa shape index (κ3) is 3.20. The Morgan fingerprint density at radius 2 is 1.94 bits per heavy atom. The second-order valence-electron chi connectivity index (χ2n) is 3.54. The molecule has 0 spiro atoms. The van der Waals surface area contributed by atoms with Crippen molar-refractivity contribution in [2.45, 2.75) is 6.54 Å². The fraction of sp³-hybridized carbons (Fsp3) is 0.0833. The molecular formula is C12H11Br2N3. The molecule has 3 N–H and O–H groups in total. The standard InChI is InChI=1S/C12H11Br2N3/c13-10-4-2-1-3-8(10)6-16-12-11(14)5-9(15)7-17-12/h1-5,7H,6,15H2,(H,16,17). The zero-order chi connectivity index (χ0) is 12.3. The van der Waals surface area contributed by atoms with Crippen LogP contribution >= 0.6 is 31.9 Å². The second kappa shape index (κ2) is 5.51. The number of nitrogens with one attached hydrogen (secondary N) is 1. The van der Waals surface area contributed by atoms with Gasteiger partial charge in [0.25, 0.3) is 0 Å². The maximum absolute atomic E-state index is 5.63. The lowest BCUT2D eigenvalue weighted by Gasteiger charge is -2.09. The fourth-order valence-corrected chi connectivity index (χ4v) is 2.34. The van der Waals surface area contributed by atoms with E-state index >= 15 is 0 Å². The molecule has 0 saturated heterocycles. The van der Waals surface area contributed by atoms with Crippen LogP contribution in [0.4, 0.5) is 11.5 Å². The average Bonchev–Trinajstić information content (AvgIpc) is 2.30. The van der Waals surface area contributed by atoms with Crippen molar-refractivity contribution in [1.82, 2.24) is 4.98 Å². The Balaban J connectivity index is 2.10. The molecular weight excluding hydrogens is 346 g/mol. The van der Waals surface area contributed by atoms with Crippen molar-refractivity contribution in [3.63, 3.8) is 0 Å². The topological polar surface area (TPSA) is 50.9 Å². The van der Waals surface area contributed by atoms with Gasteiger partial charge >= 0.3 is 0 Å². The van der Waals surface area contributed by atoms with Gasteiger partial charge in [-0.25, -0.2) is 4.98 Å². The highest BCUT2D eigenvalue weighted by atomic mass is 79.9. The van der Waals surface area contributed by atoms with Crippen molar-refractivity contribution in [2.24, 2.45) is 0 Å². The third-order valence-electron chi connectivity index (χ3n) is 2.27. The first kappa shape index (κ1) is 12.4. The van der Waals surface area contributed by atoms with E-state index in [-0.39, 0.29) is 0 Å². The lowest BCUT2D eigenvalue weighted by molar-refractivity contribution is 1.10. The lowest BCUT2D eigenvalue weighted by Crippen LogP contribution is -2.03. The number of nitrogen functional groups attached to an aromatic ring is 1. The molecule has 0 fully saturated rings. The van der Waals surface area contributed by atoms with Gasteiger partial charge in [0.1, 0.15) is 5.82 Å². The molecule has 0 amide bonds. The molecule has 0 saturated carbocycles. The first-order chi connectivity index (χ1) is 8.16. The normalized spacial score (nSPS) is 10.2. The van der Waals surface area contributed by atoms with Crippen LogP contribution < -0.4 is 11.1 Å². The van der Waals surface area contributed by atoms with Gasteiger partial charge in [-0.05, 0) is 33.6 Å². The molecule has 17 heavy (non-hydrogen) atoms. The molecule has 1 aromatic carbocycles. The van der Waals surface area contributed by atoms with Gasteiger partial charge in [-0.3, -0.25) is 0 Å². The quantitative estimate of drug-likeness (QED) is 0.879. The minimum atomic E-state index is 0.642. The van der Waals surface area contributed by atoms with Crippen LogP contribution in [0, 0.1) is 0 Å². The Hall–Kier alpha value is -1.07. The SMILES string of the molecule is Nc1cnc(NCc2ccccc2Br)c(Br)c1. The molecule has 2 aromatic rings. The van der Waals surface area contributed by atoms with Crippen molar-refractivity contribution < 1.29 is 0 Å². The Labute approximate surface area is 117 Å². The molecule has 0 atom stereocenters. The summed E-state index contributed by atoms with van der Waals surface area (Å²) in [6.45, 7) is 0.705. The highest BCUT2D eigenvalue weighted by Crippen LogP contribution is 2.23. The number of benzene rings is 1. The summed E-state index contributed by atoms with van der Waals surface area (Å²) in [4.78, 5) is 4.22. The van der Waals surface area contributed by atoms with E-state index < -0.39 is 0 Å². The predicted octanol–water partition coefficient (Wildman–Crippen LogP) is 3.80. The van der Waals surface area contributed by atoms with Crippen LogP contribution in [0.1, 0.15) is 5.56 Å². The zero-order valence-electron chi connectivity index (χ0n) is 8.95. The molecule has 0 radical (unpaired) electrons. The summed E-state index contributed by atoms with van der Waals surface area (Å²) in [6, 6.07) is 9.90. The van der Waals surface area contributed by atoms with E-state index in [2.05, 4.69) is 48.2 Å². The Morgan fingerprint density at radius 3 is 2.65 bits per heavy atom.